The second kappa shape index (κ2) is 14.3. The Hall–Kier alpha value is -6.46. The van der Waals surface area contributed by atoms with Gasteiger partial charge in [0.25, 0.3) is 0 Å². The molecule has 344 valence electrons. The van der Waals surface area contributed by atoms with E-state index in [0.29, 0.717) is 0 Å². The zero-order chi connectivity index (χ0) is 48.2. The smallest absolute Gasteiger partial charge is 0.244 e. The lowest BCUT2D eigenvalue weighted by molar-refractivity contribution is -0.734. The van der Waals surface area contributed by atoms with Gasteiger partial charge in [0, 0.05) is 23.0 Å². The number of ether oxygens (including phenoxy) is 1. The van der Waals surface area contributed by atoms with E-state index in [-0.39, 0.29) is 27.2 Å². The molecule has 0 atom stereocenters. The van der Waals surface area contributed by atoms with Crippen LogP contribution in [0, 0.1) is 6.33 Å². The highest BCUT2D eigenvalue weighted by Gasteiger charge is 2.54. The number of nitrogens with zero attached hydrogens (tertiary/aromatic N) is 4. The summed E-state index contributed by atoms with van der Waals surface area (Å²) in [6, 6.07) is 45.2. The zero-order valence-electron chi connectivity index (χ0n) is 42.8. The molecule has 0 saturated carbocycles. The third-order valence-electron chi connectivity index (χ3n) is 14.8. The van der Waals surface area contributed by atoms with Crippen molar-refractivity contribution < 1.29 is 9.30 Å². The standard InChI is InChI=1S/C63H66N4O/c1-58(2,3)38-31-44-45-32-39(59(4,5)6)34-49(61(10,11)12)56(45)63(55(44)48(33-38)60(7,8)9)46-29-27-41(36-53(46)65-37-66(62(13,14)15)51-24-20-22-47(63)57(51)65)68-40-26-28-43-42-21-16-17-23-50(42)67(52(43)35-40)54-25-18-19-30-64-54/h16-36H,1-15H3. The molecule has 9 aromatic rings. The highest BCUT2D eigenvalue weighted by Crippen LogP contribution is 2.65. The Morgan fingerprint density at radius 3 is 1.71 bits per heavy atom. The summed E-state index contributed by atoms with van der Waals surface area (Å²) in [6.45, 7) is 35.5. The Balaban J connectivity index is 1.25. The van der Waals surface area contributed by atoms with Gasteiger partial charge in [-0.3, -0.25) is 4.57 Å². The molecule has 1 aliphatic heterocycles. The first-order valence-corrected chi connectivity index (χ1v) is 24.5. The average Bonchev–Trinajstić information content (AvgIpc) is 3.92. The van der Waals surface area contributed by atoms with Crippen LogP contribution in [0.5, 0.6) is 11.5 Å². The number of hydrogen-bond acceptors (Lipinski definition) is 2. The van der Waals surface area contributed by atoms with Crippen molar-refractivity contribution >= 4 is 32.8 Å². The minimum Gasteiger partial charge on any atom is -0.458 e. The molecule has 6 aromatic carbocycles. The summed E-state index contributed by atoms with van der Waals surface area (Å²) in [4.78, 5) is 4.80. The van der Waals surface area contributed by atoms with Gasteiger partial charge in [0.15, 0.2) is 0 Å². The molecular weight excluding hydrogens is 829 g/mol. The third-order valence-corrected chi connectivity index (χ3v) is 14.8. The molecule has 1 spiro atoms. The molecule has 1 aliphatic carbocycles. The van der Waals surface area contributed by atoms with Crippen molar-refractivity contribution in [3.05, 3.63) is 178 Å². The number of fused-ring (bicyclic) bond motifs is 12. The minimum absolute atomic E-state index is 0.0624. The Kier molecular flexibility index (Phi) is 9.26. The number of para-hydroxylation sites is 2. The van der Waals surface area contributed by atoms with Crippen LogP contribution in [0.2, 0.25) is 0 Å². The van der Waals surface area contributed by atoms with E-state index in [1.165, 1.54) is 72.1 Å². The maximum absolute atomic E-state index is 7.08. The maximum atomic E-state index is 7.08. The van der Waals surface area contributed by atoms with Gasteiger partial charge in [-0.05, 0) is 141 Å². The lowest BCUT2D eigenvalue weighted by Crippen LogP contribution is -2.49. The Morgan fingerprint density at radius 2 is 1.12 bits per heavy atom. The lowest BCUT2D eigenvalue weighted by atomic mass is 9.60. The second-order valence-corrected chi connectivity index (χ2v) is 24.8. The van der Waals surface area contributed by atoms with Gasteiger partial charge in [-0.1, -0.05) is 156 Å². The van der Waals surface area contributed by atoms with E-state index in [4.69, 9.17) is 9.72 Å². The molecule has 68 heavy (non-hydrogen) atoms. The fraction of sp³-hybridized carbons (Fsp3) is 0.333. The van der Waals surface area contributed by atoms with E-state index in [9.17, 15) is 0 Å². The molecule has 0 saturated heterocycles. The van der Waals surface area contributed by atoms with Crippen molar-refractivity contribution in [2.75, 3.05) is 0 Å². The number of pyridine rings is 1. The zero-order valence-corrected chi connectivity index (χ0v) is 42.8. The quantitative estimate of drug-likeness (QED) is 0.131. The molecule has 0 N–H and O–H groups in total. The van der Waals surface area contributed by atoms with Crippen molar-refractivity contribution in [3.8, 4) is 34.1 Å². The molecule has 5 nitrogen and oxygen atoms in total. The van der Waals surface area contributed by atoms with Crippen molar-refractivity contribution in [3.63, 3.8) is 0 Å². The summed E-state index contributed by atoms with van der Waals surface area (Å²) in [6.07, 6.45) is 5.81. The second-order valence-electron chi connectivity index (χ2n) is 24.8. The maximum Gasteiger partial charge on any atom is 0.244 e. The van der Waals surface area contributed by atoms with E-state index < -0.39 is 5.41 Å². The van der Waals surface area contributed by atoms with Crippen molar-refractivity contribution in [2.24, 2.45) is 0 Å². The number of benzene rings is 6. The van der Waals surface area contributed by atoms with Crippen LogP contribution in [0.3, 0.4) is 0 Å². The summed E-state index contributed by atoms with van der Waals surface area (Å²) >= 11 is 0. The highest BCUT2D eigenvalue weighted by molar-refractivity contribution is 6.09. The van der Waals surface area contributed by atoms with Gasteiger partial charge in [0.05, 0.1) is 38.7 Å². The van der Waals surface area contributed by atoms with Crippen LogP contribution in [0.15, 0.2) is 128 Å². The molecule has 5 heteroatoms. The predicted molar refractivity (Wildman–Crippen MR) is 282 cm³/mol. The first-order valence-electron chi connectivity index (χ1n) is 24.5. The molecule has 0 fully saturated rings. The SMILES string of the molecule is CC(C)(C)c1cc2c(c(C(C)(C)C)c1)C1(c3ccc(Oc4ccc5c6ccccc6n(-c6ccccn6)c5c4)cc3-n3[c-][n+](C(C)(C)C)c4cccc1c43)c1c-2cc(C(C)(C)C)cc1C(C)(C)C. The van der Waals surface area contributed by atoms with Crippen LogP contribution in [0.1, 0.15) is 148 Å². The molecule has 4 heterocycles. The molecule has 3 aromatic heterocycles. The van der Waals surface area contributed by atoms with E-state index in [1.807, 2.05) is 18.3 Å². The number of imidazole rings is 1. The van der Waals surface area contributed by atoms with Gasteiger partial charge in [0.1, 0.15) is 17.3 Å². The largest absolute Gasteiger partial charge is 0.458 e. The molecule has 0 radical (unpaired) electrons. The summed E-state index contributed by atoms with van der Waals surface area (Å²) in [5, 5.41) is 2.34. The van der Waals surface area contributed by atoms with Gasteiger partial charge in [0.2, 0.25) is 6.33 Å². The first kappa shape index (κ1) is 44.1. The van der Waals surface area contributed by atoms with Gasteiger partial charge in [-0.15, -0.1) is 0 Å². The van der Waals surface area contributed by atoms with E-state index in [2.05, 4.69) is 233 Å². The minimum atomic E-state index is -0.670. The monoisotopic (exact) mass is 895 g/mol. The van der Waals surface area contributed by atoms with E-state index in [0.717, 1.165) is 39.4 Å². The fourth-order valence-corrected chi connectivity index (χ4v) is 11.5. The van der Waals surface area contributed by atoms with Gasteiger partial charge >= 0.3 is 0 Å². The fourth-order valence-electron chi connectivity index (χ4n) is 11.5. The summed E-state index contributed by atoms with van der Waals surface area (Å²) in [5.74, 6) is 2.41. The summed E-state index contributed by atoms with van der Waals surface area (Å²) in [5.41, 5.74) is 17.7. The molecule has 2 aliphatic rings. The number of rotatable bonds is 3. The van der Waals surface area contributed by atoms with Crippen LogP contribution in [-0.2, 0) is 32.6 Å². The first-order chi connectivity index (χ1) is 31.9. The van der Waals surface area contributed by atoms with Crippen LogP contribution >= 0.6 is 0 Å². The van der Waals surface area contributed by atoms with Crippen molar-refractivity contribution in [2.45, 2.75) is 136 Å². The Bertz CT molecular complexity index is 3460. The van der Waals surface area contributed by atoms with Gasteiger partial charge in [-0.25, -0.2) is 4.98 Å². The average molecular weight is 895 g/mol. The molecule has 0 amide bonds. The molecule has 11 rings (SSSR count). The van der Waals surface area contributed by atoms with Crippen LogP contribution < -0.4 is 9.30 Å². The van der Waals surface area contributed by atoms with E-state index >= 15 is 0 Å². The number of aromatic nitrogens is 4. The predicted octanol–water partition coefficient (Wildman–Crippen LogP) is 15.6. The van der Waals surface area contributed by atoms with Crippen LogP contribution in [0.4, 0.5) is 0 Å². The Morgan fingerprint density at radius 1 is 0.529 bits per heavy atom. The molecular formula is C63H66N4O. The van der Waals surface area contributed by atoms with E-state index in [1.54, 1.807) is 0 Å². The highest BCUT2D eigenvalue weighted by atomic mass is 16.5. The third kappa shape index (κ3) is 6.40. The topological polar surface area (TPSA) is 35.9 Å². The number of hydrogen-bond donors (Lipinski definition) is 0. The van der Waals surface area contributed by atoms with Crippen LogP contribution in [0.25, 0.3) is 55.5 Å². The van der Waals surface area contributed by atoms with Crippen LogP contribution in [-0.4, -0.2) is 14.1 Å². The van der Waals surface area contributed by atoms with Crippen molar-refractivity contribution in [1.29, 1.82) is 0 Å². The molecule has 0 unspecified atom stereocenters. The van der Waals surface area contributed by atoms with Crippen molar-refractivity contribution in [1.82, 2.24) is 14.1 Å². The van der Waals surface area contributed by atoms with Gasteiger partial charge in [-0.2, -0.15) is 0 Å². The lowest BCUT2D eigenvalue weighted by Gasteiger charge is -2.45. The molecule has 0 bridgehead atoms. The van der Waals surface area contributed by atoms with Gasteiger partial charge < -0.3 is 13.9 Å². The Labute approximate surface area is 403 Å². The summed E-state index contributed by atoms with van der Waals surface area (Å²) in [7, 11) is 0. The normalized spacial score (nSPS) is 14.5. The summed E-state index contributed by atoms with van der Waals surface area (Å²) < 4.78 is 14.0.